The predicted octanol–water partition coefficient (Wildman–Crippen LogP) is 19.7. The molecule has 2 aliphatic heterocycles. The van der Waals surface area contributed by atoms with Crippen LogP contribution in [0.4, 0.5) is 0 Å². The van der Waals surface area contributed by atoms with E-state index in [1.54, 1.807) is 14.2 Å². The van der Waals surface area contributed by atoms with Crippen molar-refractivity contribution in [2.24, 2.45) is 0 Å². The fourth-order valence-corrected chi connectivity index (χ4v) is 17.1. The summed E-state index contributed by atoms with van der Waals surface area (Å²) < 4.78 is 17.4. The molecule has 7 heteroatoms. The quantitative estimate of drug-likeness (QED) is 0.0632. The Morgan fingerprint density at radius 2 is 0.964 bits per heavy atom. The summed E-state index contributed by atoms with van der Waals surface area (Å²) in [7, 11) is 3.56. The number of hydrogen-bond acceptors (Lipinski definition) is 4. The second-order valence-electron chi connectivity index (χ2n) is 23.9. The van der Waals surface area contributed by atoms with Crippen molar-refractivity contribution in [2.45, 2.75) is 142 Å². The average molecular weight is 1140 g/mol. The van der Waals surface area contributed by atoms with E-state index in [0.29, 0.717) is 0 Å². The van der Waals surface area contributed by atoms with Crippen molar-refractivity contribution >= 4 is 57.3 Å². The van der Waals surface area contributed by atoms with Gasteiger partial charge in [0.1, 0.15) is 11.5 Å². The number of rotatable bonds is 18. The van der Waals surface area contributed by atoms with Crippen molar-refractivity contribution in [1.82, 2.24) is 4.48 Å². The molecule has 84 heavy (non-hydrogen) atoms. The Hall–Kier alpha value is -7.55. The molecule has 3 aromatic heterocycles. The van der Waals surface area contributed by atoms with E-state index in [1.165, 1.54) is 89.7 Å². The summed E-state index contributed by atoms with van der Waals surface area (Å²) in [5.74, 6) is 18.5. The van der Waals surface area contributed by atoms with E-state index in [9.17, 15) is 0 Å². The highest BCUT2D eigenvalue weighted by atomic mass is 32.1. The topological polar surface area (TPSA) is 26.4 Å². The molecular weight excluding hydrogens is 1060 g/mol. The normalized spacial score (nSPS) is 15.0. The van der Waals surface area contributed by atoms with Gasteiger partial charge in [-0.2, -0.15) is 11.6 Å². The van der Waals surface area contributed by atoms with Gasteiger partial charge in [0.25, 0.3) is 0 Å². The van der Waals surface area contributed by atoms with Gasteiger partial charge in [-0.1, -0.05) is 154 Å². The molecule has 13 rings (SSSR count). The molecule has 0 fully saturated rings. The monoisotopic (exact) mass is 1140 g/mol. The number of unbranched alkanes of at least 4 members (excludes halogenated alkanes) is 4. The fourth-order valence-electron chi connectivity index (χ4n) is 15.1. The lowest BCUT2D eigenvalue weighted by Gasteiger charge is -2.36. The molecular formula is C77H77BN2O2S2. The minimum atomic E-state index is -2.48. The standard InChI is InChI=1S/C77H77BN2O2S2/c1-9-15-41-76(42-16-10-2)66-25-21-19-23-58(66)60-33-27-52(47-68(60)76)39-45-78(46-40-53-28-34-61-59-24-20-22-26-67(59)77(43-17-11-3,44-18-12-4)69(61)48-53)79-70(62-35-29-54(81-7)49-64(62)74(79)72-37-31-56(13-5)83-72)51-71-63-36-30-55(82-8)50-65(63)75(80(71)78)73-38-32-57(14-6)84-73/h19-38,47-51H,9-18,41-44H2,1-8H3. The number of benzene rings is 6. The summed E-state index contributed by atoms with van der Waals surface area (Å²) in [6.07, 6.45) is 15.6. The van der Waals surface area contributed by atoms with Crippen LogP contribution in [-0.4, -0.2) is 35.3 Å². The molecule has 422 valence electrons. The molecule has 4 aliphatic rings. The third kappa shape index (κ3) is 8.90. The zero-order chi connectivity index (χ0) is 57.7. The van der Waals surface area contributed by atoms with Gasteiger partial charge in [-0.05, 0) is 168 Å². The Labute approximate surface area is 507 Å². The van der Waals surface area contributed by atoms with Gasteiger partial charge in [0.15, 0.2) is 11.4 Å². The number of nitrogens with zero attached hydrogens (tertiary/aromatic N) is 2. The van der Waals surface area contributed by atoms with Crippen LogP contribution >= 0.6 is 22.7 Å². The molecule has 9 aromatic rings. The summed E-state index contributed by atoms with van der Waals surface area (Å²) in [6, 6.07) is 55.4. The highest BCUT2D eigenvalue weighted by molar-refractivity contribution is 7.15. The van der Waals surface area contributed by atoms with Crippen LogP contribution in [-0.2, 0) is 23.7 Å². The molecule has 0 saturated heterocycles. The van der Waals surface area contributed by atoms with Crippen molar-refractivity contribution in [2.75, 3.05) is 14.2 Å². The van der Waals surface area contributed by atoms with E-state index in [2.05, 4.69) is 226 Å². The Kier molecular flexibility index (Phi) is 15.1. The molecule has 0 atom stereocenters. The average Bonchev–Trinajstić information content (AvgIpc) is 1.58. The van der Waals surface area contributed by atoms with Crippen LogP contribution in [0.5, 0.6) is 11.5 Å². The molecule has 0 saturated carbocycles. The van der Waals surface area contributed by atoms with Crippen LogP contribution in [0.15, 0.2) is 146 Å². The maximum Gasteiger partial charge on any atom is 0.521 e. The zero-order valence-corrected chi connectivity index (χ0v) is 52.1. The summed E-state index contributed by atoms with van der Waals surface area (Å²) in [6.45, 7) is 13.9. The maximum absolute atomic E-state index is 6.12. The van der Waals surface area contributed by atoms with Gasteiger partial charge >= 0.3 is 6.42 Å². The van der Waals surface area contributed by atoms with Crippen molar-refractivity contribution in [3.8, 4) is 67.8 Å². The second-order valence-corrected chi connectivity index (χ2v) is 26.3. The van der Waals surface area contributed by atoms with Crippen LogP contribution in [0.1, 0.15) is 183 Å². The molecule has 0 unspecified atom stereocenters. The maximum atomic E-state index is 6.12. The lowest BCUT2D eigenvalue weighted by atomic mass is 9.45. The van der Waals surface area contributed by atoms with Gasteiger partial charge in [0, 0.05) is 64.8 Å². The largest absolute Gasteiger partial charge is 0.521 e. The van der Waals surface area contributed by atoms with Gasteiger partial charge in [0.2, 0.25) is 0 Å². The van der Waals surface area contributed by atoms with Crippen molar-refractivity contribution in [3.05, 3.63) is 210 Å². The molecule has 0 bridgehead atoms. The summed E-state index contributed by atoms with van der Waals surface area (Å²) in [5, 5.41) is 2.27. The lowest BCUT2D eigenvalue weighted by Crippen LogP contribution is -2.56. The SMILES string of the molecule is CCCCC1(CCCC)c2ccccc2-c2ccc(C#C[B-]3(C#Cc4ccc5c(c4)C(CCCC)(CCCC)c4ccccc4-5)n4c(c5ccc(OC)cc5c4-c4ccc(CC)s4)C=C4c5ccc(OC)cc5C(c5ccc(CC)s5)=[N+]43)cc21. The number of aryl methyl sites for hydroxylation is 2. The highest BCUT2D eigenvalue weighted by Crippen LogP contribution is 2.56. The van der Waals surface area contributed by atoms with Gasteiger partial charge in [0.05, 0.1) is 30.2 Å². The lowest BCUT2D eigenvalue weighted by molar-refractivity contribution is -0.279. The minimum absolute atomic E-state index is 0.0871. The number of hydrogen-bond donors (Lipinski definition) is 0. The first-order valence-corrected chi connectivity index (χ1v) is 33.0. The second kappa shape index (κ2) is 22.8. The first-order chi connectivity index (χ1) is 41.2. The first kappa shape index (κ1) is 55.6. The van der Waals surface area contributed by atoms with Crippen LogP contribution in [0.25, 0.3) is 55.4 Å². The van der Waals surface area contributed by atoms with E-state index in [0.717, 1.165) is 132 Å². The molecule has 0 spiro atoms. The first-order valence-electron chi connectivity index (χ1n) is 31.4. The molecule has 4 nitrogen and oxygen atoms in total. The third-order valence-corrected chi connectivity index (χ3v) is 21.7. The zero-order valence-electron chi connectivity index (χ0n) is 50.4. The van der Waals surface area contributed by atoms with E-state index in [4.69, 9.17) is 9.47 Å². The van der Waals surface area contributed by atoms with Crippen molar-refractivity contribution in [3.63, 3.8) is 0 Å². The highest BCUT2D eigenvalue weighted by Gasteiger charge is 2.53. The molecule has 6 aromatic carbocycles. The number of fused-ring (bicyclic) bond motifs is 12. The molecule has 0 N–H and O–H groups in total. The van der Waals surface area contributed by atoms with E-state index < -0.39 is 6.42 Å². The minimum Gasteiger partial charge on any atom is -0.497 e. The Morgan fingerprint density at radius 1 is 0.476 bits per heavy atom. The molecule has 5 heterocycles. The summed E-state index contributed by atoms with van der Waals surface area (Å²) in [4.78, 5) is 5.04. The number of ether oxygens (including phenoxy) is 2. The fraction of sp³-hybridized carbons (Fsp3) is 0.312. The van der Waals surface area contributed by atoms with Crippen LogP contribution < -0.4 is 9.47 Å². The van der Waals surface area contributed by atoms with E-state index >= 15 is 0 Å². The van der Waals surface area contributed by atoms with Gasteiger partial charge in [-0.3, -0.25) is 0 Å². The number of thiophene rings is 2. The third-order valence-electron chi connectivity index (χ3n) is 19.2. The Bertz CT molecular complexity index is 4100. The Morgan fingerprint density at radius 3 is 1.49 bits per heavy atom. The van der Waals surface area contributed by atoms with Crippen molar-refractivity contribution < 1.29 is 14.0 Å². The van der Waals surface area contributed by atoms with Crippen LogP contribution in [0.3, 0.4) is 0 Å². The smallest absolute Gasteiger partial charge is 0.497 e. The molecule has 0 amide bonds. The van der Waals surface area contributed by atoms with Gasteiger partial charge < -0.3 is 18.4 Å². The van der Waals surface area contributed by atoms with Crippen molar-refractivity contribution in [1.29, 1.82) is 0 Å². The van der Waals surface area contributed by atoms with Gasteiger partial charge in [-0.25, -0.2) is 0 Å². The molecule has 2 aliphatic carbocycles. The number of methoxy groups -OCH3 is 2. The van der Waals surface area contributed by atoms with E-state index in [-0.39, 0.29) is 10.8 Å². The number of aromatic nitrogens is 1. The van der Waals surface area contributed by atoms with Gasteiger partial charge in [-0.15, -0.1) is 34.5 Å². The predicted molar refractivity (Wildman–Crippen MR) is 358 cm³/mol. The Balaban J connectivity index is 1.16. The summed E-state index contributed by atoms with van der Waals surface area (Å²) >= 11 is 3.75. The van der Waals surface area contributed by atoms with E-state index in [1.807, 2.05) is 22.7 Å². The molecule has 0 radical (unpaired) electrons. The van der Waals surface area contributed by atoms with Crippen LogP contribution in [0.2, 0.25) is 0 Å². The summed E-state index contributed by atoms with van der Waals surface area (Å²) in [5.41, 5.74) is 19.8. The van der Waals surface area contributed by atoms with Crippen LogP contribution in [0, 0.1) is 23.5 Å².